The van der Waals surface area contributed by atoms with Gasteiger partial charge >= 0.3 is 0 Å². The lowest BCUT2D eigenvalue weighted by molar-refractivity contribution is 0.341. The van der Waals surface area contributed by atoms with Crippen LogP contribution in [-0.2, 0) is 0 Å². The minimum Gasteiger partial charge on any atom is -0.357 e. The fourth-order valence-electron chi connectivity index (χ4n) is 3.32. The lowest BCUT2D eigenvalue weighted by Crippen LogP contribution is -2.35. The highest BCUT2D eigenvalue weighted by atomic mass is 15.3. The summed E-state index contributed by atoms with van der Waals surface area (Å²) in [4.78, 5) is 11.2. The van der Waals surface area contributed by atoms with Crippen LogP contribution in [-0.4, -0.2) is 29.6 Å². The van der Waals surface area contributed by atoms with Crippen LogP contribution in [0.2, 0.25) is 0 Å². The molecule has 0 bridgehead atoms. The summed E-state index contributed by atoms with van der Waals surface area (Å²) in [6.07, 6.45) is 8.73. The fourth-order valence-corrected chi connectivity index (χ4v) is 3.32. The summed E-state index contributed by atoms with van der Waals surface area (Å²) in [6, 6.07) is 2.76. The Hall–Kier alpha value is -1.32. The third-order valence-corrected chi connectivity index (χ3v) is 4.17. The van der Waals surface area contributed by atoms with Gasteiger partial charge < -0.3 is 10.2 Å². The van der Waals surface area contributed by atoms with Crippen molar-refractivity contribution >= 4 is 11.8 Å². The monoisotopic (exact) mass is 232 g/mol. The van der Waals surface area contributed by atoms with Gasteiger partial charge in [0.25, 0.3) is 0 Å². The van der Waals surface area contributed by atoms with Crippen molar-refractivity contribution in [3.63, 3.8) is 0 Å². The van der Waals surface area contributed by atoms with E-state index < -0.39 is 0 Å². The molecule has 1 N–H and O–H groups in total. The number of fused-ring (bicyclic) bond motifs is 1. The minimum atomic E-state index is 0.724. The summed E-state index contributed by atoms with van der Waals surface area (Å²) < 4.78 is 0. The van der Waals surface area contributed by atoms with E-state index in [0.717, 1.165) is 30.3 Å². The van der Waals surface area contributed by atoms with Crippen molar-refractivity contribution in [3.05, 3.63) is 12.3 Å². The van der Waals surface area contributed by atoms with Crippen LogP contribution in [0.25, 0.3) is 0 Å². The van der Waals surface area contributed by atoms with Crippen LogP contribution in [0.1, 0.15) is 32.1 Å². The van der Waals surface area contributed by atoms with Crippen molar-refractivity contribution in [1.82, 2.24) is 9.97 Å². The molecule has 2 heterocycles. The summed E-state index contributed by atoms with van der Waals surface area (Å²) in [5.41, 5.74) is 0. The topological polar surface area (TPSA) is 41.1 Å². The Balaban J connectivity index is 1.83. The molecule has 0 radical (unpaired) electrons. The van der Waals surface area contributed by atoms with E-state index >= 15 is 0 Å². The molecule has 2 aliphatic rings. The summed E-state index contributed by atoms with van der Waals surface area (Å²) >= 11 is 0. The molecule has 0 amide bonds. The number of aromatic nitrogens is 2. The van der Waals surface area contributed by atoms with E-state index in [4.69, 9.17) is 0 Å². The third kappa shape index (κ3) is 1.96. The van der Waals surface area contributed by atoms with Gasteiger partial charge in [0.05, 0.1) is 0 Å². The summed E-state index contributed by atoms with van der Waals surface area (Å²) in [6.45, 7) is 1.16. The molecule has 1 aliphatic heterocycles. The molecule has 1 saturated carbocycles. The average Bonchev–Trinajstić information content (AvgIpc) is 2.82. The second-order valence-electron chi connectivity index (χ2n) is 5.08. The van der Waals surface area contributed by atoms with Gasteiger partial charge in [-0.3, -0.25) is 0 Å². The van der Waals surface area contributed by atoms with Gasteiger partial charge in [0.2, 0.25) is 5.95 Å². The van der Waals surface area contributed by atoms with E-state index in [-0.39, 0.29) is 0 Å². The van der Waals surface area contributed by atoms with E-state index in [1.807, 2.05) is 19.3 Å². The van der Waals surface area contributed by atoms with E-state index in [1.165, 1.54) is 32.1 Å². The number of nitrogens with zero attached hydrogens (tertiary/aromatic N) is 3. The quantitative estimate of drug-likeness (QED) is 0.849. The SMILES string of the molecule is CNc1nccc(N2CCC3CCCCC32)n1. The van der Waals surface area contributed by atoms with Crippen molar-refractivity contribution in [1.29, 1.82) is 0 Å². The molecular weight excluding hydrogens is 212 g/mol. The molecule has 1 aromatic rings. The largest absolute Gasteiger partial charge is 0.357 e. The fraction of sp³-hybridized carbons (Fsp3) is 0.692. The normalized spacial score (nSPS) is 27.9. The predicted octanol–water partition coefficient (Wildman–Crippen LogP) is 2.29. The molecule has 3 rings (SSSR count). The molecule has 1 aliphatic carbocycles. The second-order valence-corrected chi connectivity index (χ2v) is 5.08. The number of rotatable bonds is 2. The van der Waals surface area contributed by atoms with Crippen LogP contribution in [0, 0.1) is 5.92 Å². The Kier molecular flexibility index (Phi) is 2.87. The Morgan fingerprint density at radius 1 is 1.29 bits per heavy atom. The number of anilines is 2. The first kappa shape index (κ1) is 10.8. The van der Waals surface area contributed by atoms with Crippen molar-refractivity contribution < 1.29 is 0 Å². The molecule has 92 valence electrons. The van der Waals surface area contributed by atoms with Gasteiger partial charge in [0.1, 0.15) is 5.82 Å². The Morgan fingerprint density at radius 2 is 2.18 bits per heavy atom. The first-order chi connectivity index (χ1) is 8.38. The van der Waals surface area contributed by atoms with Crippen LogP contribution in [0.3, 0.4) is 0 Å². The van der Waals surface area contributed by atoms with Crippen molar-refractivity contribution in [3.8, 4) is 0 Å². The number of nitrogens with one attached hydrogen (secondary N) is 1. The van der Waals surface area contributed by atoms with Crippen LogP contribution >= 0.6 is 0 Å². The molecule has 0 aromatic carbocycles. The first-order valence-corrected chi connectivity index (χ1v) is 6.66. The maximum atomic E-state index is 4.57. The molecule has 4 heteroatoms. The number of hydrogen-bond donors (Lipinski definition) is 1. The predicted molar refractivity (Wildman–Crippen MR) is 69.3 cm³/mol. The van der Waals surface area contributed by atoms with Crippen LogP contribution < -0.4 is 10.2 Å². The van der Waals surface area contributed by atoms with Gasteiger partial charge in [-0.1, -0.05) is 12.8 Å². The van der Waals surface area contributed by atoms with Gasteiger partial charge in [-0.15, -0.1) is 0 Å². The Bertz CT molecular complexity index is 393. The molecule has 2 fully saturated rings. The summed E-state index contributed by atoms with van der Waals surface area (Å²) in [7, 11) is 1.87. The van der Waals surface area contributed by atoms with Crippen molar-refractivity contribution in [2.24, 2.45) is 5.92 Å². The molecule has 1 saturated heterocycles. The van der Waals surface area contributed by atoms with E-state index in [2.05, 4.69) is 20.2 Å². The molecule has 17 heavy (non-hydrogen) atoms. The molecule has 0 spiro atoms. The van der Waals surface area contributed by atoms with E-state index in [0.29, 0.717) is 0 Å². The minimum absolute atomic E-state index is 0.724. The number of hydrogen-bond acceptors (Lipinski definition) is 4. The lowest BCUT2D eigenvalue weighted by atomic mass is 9.85. The molecule has 2 atom stereocenters. The third-order valence-electron chi connectivity index (χ3n) is 4.17. The Morgan fingerprint density at radius 3 is 3.06 bits per heavy atom. The van der Waals surface area contributed by atoms with Gasteiger partial charge in [-0.2, -0.15) is 4.98 Å². The zero-order valence-electron chi connectivity index (χ0n) is 10.4. The van der Waals surface area contributed by atoms with Crippen LogP contribution in [0.5, 0.6) is 0 Å². The maximum absolute atomic E-state index is 4.57. The van der Waals surface area contributed by atoms with Crippen molar-refractivity contribution in [2.75, 3.05) is 23.8 Å². The van der Waals surface area contributed by atoms with Gasteiger partial charge in [-0.25, -0.2) is 4.98 Å². The molecule has 2 unspecified atom stereocenters. The van der Waals surface area contributed by atoms with E-state index in [1.54, 1.807) is 0 Å². The van der Waals surface area contributed by atoms with Crippen LogP contribution in [0.15, 0.2) is 12.3 Å². The van der Waals surface area contributed by atoms with Crippen molar-refractivity contribution in [2.45, 2.75) is 38.1 Å². The molecule has 1 aromatic heterocycles. The van der Waals surface area contributed by atoms with Gasteiger partial charge in [0.15, 0.2) is 0 Å². The summed E-state index contributed by atoms with van der Waals surface area (Å²) in [5, 5.41) is 3.01. The molecular formula is C13H20N4. The highest BCUT2D eigenvalue weighted by molar-refractivity contribution is 5.44. The Labute approximate surface area is 102 Å². The van der Waals surface area contributed by atoms with Gasteiger partial charge in [0, 0.05) is 25.8 Å². The highest BCUT2D eigenvalue weighted by Crippen LogP contribution is 2.38. The van der Waals surface area contributed by atoms with Crippen LogP contribution in [0.4, 0.5) is 11.8 Å². The zero-order valence-corrected chi connectivity index (χ0v) is 10.4. The average molecular weight is 232 g/mol. The maximum Gasteiger partial charge on any atom is 0.224 e. The standard InChI is InChI=1S/C13H20N4/c1-14-13-15-8-6-12(16-13)17-9-7-10-4-2-3-5-11(10)17/h6,8,10-11H,2-5,7,9H2,1H3,(H,14,15,16). The smallest absolute Gasteiger partial charge is 0.224 e. The summed E-state index contributed by atoms with van der Waals surface area (Å²) in [5.74, 6) is 2.72. The first-order valence-electron chi connectivity index (χ1n) is 6.66. The van der Waals surface area contributed by atoms with Gasteiger partial charge in [-0.05, 0) is 31.2 Å². The molecule has 4 nitrogen and oxygen atoms in total. The highest BCUT2D eigenvalue weighted by Gasteiger charge is 2.36. The van der Waals surface area contributed by atoms with E-state index in [9.17, 15) is 0 Å². The zero-order chi connectivity index (χ0) is 11.7. The lowest BCUT2D eigenvalue weighted by Gasteiger charge is -2.32. The second kappa shape index (κ2) is 4.51.